The Hall–Kier alpha value is -0.530. The summed E-state index contributed by atoms with van der Waals surface area (Å²) in [5.41, 5.74) is 0. The molecule has 1 heterocycles. The average molecular weight is 126 g/mol. The number of amidine groups is 1. The second-order valence-corrected chi connectivity index (χ2v) is 2.36. The zero-order valence-electron chi connectivity index (χ0n) is 5.98. The smallest absolute Gasteiger partial charge is 0.0964 e. The molecule has 0 fully saturated rings. The molecule has 0 amide bonds. The van der Waals surface area contributed by atoms with Crippen LogP contribution in [0.3, 0.4) is 0 Å². The zero-order valence-corrected chi connectivity index (χ0v) is 5.98. The summed E-state index contributed by atoms with van der Waals surface area (Å²) in [6, 6.07) is 0. The van der Waals surface area contributed by atoms with E-state index in [0.717, 1.165) is 19.5 Å². The Bertz CT molecular complexity index is 107. The van der Waals surface area contributed by atoms with Gasteiger partial charge in [0.1, 0.15) is 0 Å². The van der Waals surface area contributed by atoms with E-state index in [9.17, 15) is 0 Å². The number of unbranched alkanes of at least 4 members (excludes halogenated alkanes) is 1. The van der Waals surface area contributed by atoms with Gasteiger partial charge in [-0.15, -0.1) is 0 Å². The Morgan fingerprint density at radius 3 is 3.11 bits per heavy atom. The first-order chi connectivity index (χ1) is 4.43. The quantitative estimate of drug-likeness (QED) is 0.603. The lowest BCUT2D eigenvalue weighted by molar-refractivity contribution is 0.819. The molecule has 52 valence electrons. The third-order valence-electron chi connectivity index (χ3n) is 1.51. The minimum atomic E-state index is 0.985. The summed E-state index contributed by atoms with van der Waals surface area (Å²) in [5, 5.41) is 3.24. The third-order valence-corrected chi connectivity index (χ3v) is 1.51. The van der Waals surface area contributed by atoms with Crippen molar-refractivity contribution in [1.82, 2.24) is 5.32 Å². The van der Waals surface area contributed by atoms with Crippen molar-refractivity contribution < 1.29 is 0 Å². The number of rotatable bonds is 3. The Balaban J connectivity index is 2.11. The highest BCUT2D eigenvalue weighted by Gasteiger charge is 2.01. The maximum Gasteiger partial charge on any atom is 0.0964 e. The van der Waals surface area contributed by atoms with E-state index in [2.05, 4.69) is 17.2 Å². The van der Waals surface area contributed by atoms with Crippen LogP contribution in [0.25, 0.3) is 0 Å². The molecule has 2 nitrogen and oxygen atoms in total. The highest BCUT2D eigenvalue weighted by Crippen LogP contribution is 1.97. The predicted octanol–water partition coefficient (Wildman–Crippen LogP) is 1.18. The van der Waals surface area contributed by atoms with Gasteiger partial charge in [-0.2, -0.15) is 0 Å². The van der Waals surface area contributed by atoms with Crippen molar-refractivity contribution in [2.75, 3.05) is 13.1 Å². The molecule has 0 aromatic heterocycles. The van der Waals surface area contributed by atoms with Crippen molar-refractivity contribution in [2.45, 2.75) is 26.2 Å². The van der Waals surface area contributed by atoms with Crippen LogP contribution in [0.1, 0.15) is 26.2 Å². The van der Waals surface area contributed by atoms with Crippen LogP contribution in [0.2, 0.25) is 0 Å². The lowest BCUT2D eigenvalue weighted by atomic mass is 10.2. The van der Waals surface area contributed by atoms with Gasteiger partial charge in [-0.3, -0.25) is 4.99 Å². The van der Waals surface area contributed by atoms with Gasteiger partial charge in [-0.25, -0.2) is 0 Å². The molecule has 0 saturated heterocycles. The molecule has 1 aliphatic heterocycles. The first kappa shape index (κ1) is 6.59. The van der Waals surface area contributed by atoms with Crippen molar-refractivity contribution in [3.63, 3.8) is 0 Å². The molecule has 0 aliphatic carbocycles. The van der Waals surface area contributed by atoms with E-state index in [4.69, 9.17) is 0 Å². The van der Waals surface area contributed by atoms with E-state index >= 15 is 0 Å². The van der Waals surface area contributed by atoms with Gasteiger partial charge in [0.15, 0.2) is 0 Å². The fourth-order valence-electron chi connectivity index (χ4n) is 0.959. The monoisotopic (exact) mass is 126 g/mol. The lowest BCUT2D eigenvalue weighted by Gasteiger charge is -1.97. The summed E-state index contributed by atoms with van der Waals surface area (Å²) < 4.78 is 0. The molecule has 2 heteroatoms. The van der Waals surface area contributed by atoms with Crippen molar-refractivity contribution in [3.8, 4) is 0 Å². The van der Waals surface area contributed by atoms with Crippen LogP contribution < -0.4 is 5.32 Å². The van der Waals surface area contributed by atoms with Crippen LogP contribution in [0, 0.1) is 0 Å². The Labute approximate surface area is 56.4 Å². The first-order valence-electron chi connectivity index (χ1n) is 3.70. The minimum Gasteiger partial charge on any atom is -0.372 e. The van der Waals surface area contributed by atoms with E-state index in [-0.39, 0.29) is 0 Å². The third kappa shape index (κ3) is 2.04. The molecule has 1 aliphatic rings. The number of hydrogen-bond acceptors (Lipinski definition) is 2. The van der Waals surface area contributed by atoms with Gasteiger partial charge in [0.25, 0.3) is 0 Å². The van der Waals surface area contributed by atoms with Gasteiger partial charge < -0.3 is 5.32 Å². The highest BCUT2D eigenvalue weighted by molar-refractivity contribution is 5.83. The molecule has 0 radical (unpaired) electrons. The lowest BCUT2D eigenvalue weighted by Crippen LogP contribution is -2.17. The molecule has 0 spiro atoms. The summed E-state index contributed by atoms with van der Waals surface area (Å²) in [6.45, 7) is 4.24. The molecule has 0 atom stereocenters. The van der Waals surface area contributed by atoms with Crippen LogP contribution in [-0.2, 0) is 0 Å². The highest BCUT2D eigenvalue weighted by atomic mass is 15.1. The van der Waals surface area contributed by atoms with Gasteiger partial charge in [-0.05, 0) is 6.42 Å². The number of nitrogens with zero attached hydrogens (tertiary/aromatic N) is 1. The fraction of sp³-hybridized carbons (Fsp3) is 0.857. The van der Waals surface area contributed by atoms with E-state index in [1.807, 2.05) is 0 Å². The maximum atomic E-state index is 4.28. The molecule has 0 saturated carbocycles. The Morgan fingerprint density at radius 1 is 1.67 bits per heavy atom. The van der Waals surface area contributed by atoms with Crippen molar-refractivity contribution in [1.29, 1.82) is 0 Å². The molecule has 0 aromatic carbocycles. The average Bonchev–Trinajstić information content (AvgIpc) is 2.34. The largest absolute Gasteiger partial charge is 0.372 e. The Morgan fingerprint density at radius 2 is 2.56 bits per heavy atom. The first-order valence-corrected chi connectivity index (χ1v) is 3.70. The summed E-state index contributed by atoms with van der Waals surface area (Å²) in [5.74, 6) is 1.22. The van der Waals surface area contributed by atoms with Gasteiger partial charge >= 0.3 is 0 Å². The topological polar surface area (TPSA) is 24.4 Å². The maximum absolute atomic E-state index is 4.28. The van der Waals surface area contributed by atoms with Gasteiger partial charge in [0, 0.05) is 13.0 Å². The zero-order chi connectivity index (χ0) is 6.53. The van der Waals surface area contributed by atoms with E-state index in [1.54, 1.807) is 0 Å². The van der Waals surface area contributed by atoms with Crippen LogP contribution in [0.15, 0.2) is 4.99 Å². The summed E-state index contributed by atoms with van der Waals surface area (Å²) in [4.78, 5) is 4.28. The second kappa shape index (κ2) is 3.49. The molecular formula is C7H14N2. The molecule has 1 rings (SSSR count). The predicted molar refractivity (Wildman–Crippen MR) is 39.8 cm³/mol. The molecule has 1 N–H and O–H groups in total. The van der Waals surface area contributed by atoms with E-state index in [0.29, 0.717) is 0 Å². The van der Waals surface area contributed by atoms with Gasteiger partial charge in [0.05, 0.1) is 12.4 Å². The van der Waals surface area contributed by atoms with Crippen LogP contribution in [0.4, 0.5) is 0 Å². The van der Waals surface area contributed by atoms with Crippen molar-refractivity contribution in [3.05, 3.63) is 0 Å². The second-order valence-electron chi connectivity index (χ2n) is 2.36. The van der Waals surface area contributed by atoms with Gasteiger partial charge in [-0.1, -0.05) is 13.3 Å². The SMILES string of the molecule is CCCCC1=NCCN1. The standard InChI is InChI=1S/C7H14N2/c1-2-3-4-7-8-5-6-9-7/h2-6H2,1H3,(H,8,9). The van der Waals surface area contributed by atoms with E-state index in [1.165, 1.54) is 18.7 Å². The normalized spacial score (nSPS) is 17.2. The summed E-state index contributed by atoms with van der Waals surface area (Å²) in [7, 11) is 0. The molecular weight excluding hydrogens is 112 g/mol. The Kier molecular flexibility index (Phi) is 2.55. The van der Waals surface area contributed by atoms with E-state index < -0.39 is 0 Å². The summed E-state index contributed by atoms with van der Waals surface area (Å²) >= 11 is 0. The van der Waals surface area contributed by atoms with Crippen molar-refractivity contribution in [2.24, 2.45) is 4.99 Å². The van der Waals surface area contributed by atoms with Crippen LogP contribution in [-0.4, -0.2) is 18.9 Å². The molecule has 0 aromatic rings. The number of nitrogens with one attached hydrogen (secondary N) is 1. The summed E-state index contributed by atoms with van der Waals surface area (Å²) in [6.07, 6.45) is 3.68. The van der Waals surface area contributed by atoms with Crippen LogP contribution >= 0.6 is 0 Å². The number of hydrogen-bond donors (Lipinski definition) is 1. The van der Waals surface area contributed by atoms with Gasteiger partial charge in [0.2, 0.25) is 0 Å². The van der Waals surface area contributed by atoms with Crippen molar-refractivity contribution >= 4 is 5.84 Å². The number of aliphatic imine (C=N–C) groups is 1. The fourth-order valence-corrected chi connectivity index (χ4v) is 0.959. The molecule has 0 bridgehead atoms. The van der Waals surface area contributed by atoms with Crippen LogP contribution in [0.5, 0.6) is 0 Å². The molecule has 9 heavy (non-hydrogen) atoms. The molecule has 0 unspecified atom stereocenters. The minimum absolute atomic E-state index is 0.985.